The number of halogens is 2. The maximum atomic E-state index is 12.8. The van der Waals surface area contributed by atoms with E-state index in [2.05, 4.69) is 6.92 Å². The van der Waals surface area contributed by atoms with Crippen molar-refractivity contribution in [1.29, 1.82) is 0 Å². The Morgan fingerprint density at radius 2 is 1.69 bits per heavy atom. The van der Waals surface area contributed by atoms with Crippen LogP contribution in [0.25, 0.3) is 0 Å². The van der Waals surface area contributed by atoms with E-state index in [1.165, 1.54) is 12.1 Å². The average Bonchev–Trinajstić information content (AvgIpc) is 2.03. The molecule has 0 nitrogen and oxygen atoms in total. The summed E-state index contributed by atoms with van der Waals surface area (Å²) in [5.41, 5.74) is 0.749. The number of benzene rings is 1. The minimum Gasteiger partial charge on any atom is -0.207 e. The molecule has 0 N–H and O–H groups in total. The van der Waals surface area contributed by atoms with Crippen molar-refractivity contribution < 1.29 is 8.78 Å². The Labute approximate surface area is 77.6 Å². The Morgan fingerprint density at radius 1 is 1.15 bits per heavy atom. The summed E-state index contributed by atoms with van der Waals surface area (Å²) < 4.78 is 25.6. The van der Waals surface area contributed by atoms with Crippen molar-refractivity contribution >= 4 is 0 Å². The molecule has 0 bridgehead atoms. The molecule has 0 aromatic heterocycles. The van der Waals surface area contributed by atoms with Gasteiger partial charge in [-0.05, 0) is 30.0 Å². The maximum Gasteiger partial charge on any atom is 0.126 e. The summed E-state index contributed by atoms with van der Waals surface area (Å²) in [6.45, 7) is 4.05. The molecule has 0 fully saturated rings. The molecule has 0 aliphatic carbocycles. The fourth-order valence-corrected chi connectivity index (χ4v) is 1.46. The summed E-state index contributed by atoms with van der Waals surface area (Å²) in [5.74, 6) is -0.744. The Kier molecular flexibility index (Phi) is 3.40. The lowest BCUT2D eigenvalue weighted by Gasteiger charge is -2.10. The molecule has 1 unspecified atom stereocenters. The molecule has 0 aliphatic rings. The second-order valence-corrected chi connectivity index (χ2v) is 3.39. The standard InChI is InChI=1S/C11H14F2/c1-3-4-8(2)9-5-10(12)7-11(13)6-9/h5-8H,3-4H2,1-2H3. The normalized spacial score (nSPS) is 12.9. The van der Waals surface area contributed by atoms with Gasteiger partial charge in [-0.25, -0.2) is 8.78 Å². The van der Waals surface area contributed by atoms with Crippen molar-refractivity contribution in [3.05, 3.63) is 35.4 Å². The Balaban J connectivity index is 2.87. The van der Waals surface area contributed by atoms with Crippen LogP contribution in [-0.4, -0.2) is 0 Å². The zero-order chi connectivity index (χ0) is 9.84. The van der Waals surface area contributed by atoms with Gasteiger partial charge in [-0.2, -0.15) is 0 Å². The quantitative estimate of drug-likeness (QED) is 0.669. The molecule has 1 aromatic rings. The molecule has 0 radical (unpaired) electrons. The largest absolute Gasteiger partial charge is 0.207 e. The lowest BCUT2D eigenvalue weighted by Crippen LogP contribution is -1.95. The highest BCUT2D eigenvalue weighted by Gasteiger charge is 2.07. The van der Waals surface area contributed by atoms with Gasteiger partial charge in [0, 0.05) is 6.07 Å². The summed E-state index contributed by atoms with van der Waals surface area (Å²) in [4.78, 5) is 0. The number of hydrogen-bond donors (Lipinski definition) is 0. The van der Waals surface area contributed by atoms with Crippen LogP contribution in [0.4, 0.5) is 8.78 Å². The molecule has 1 atom stereocenters. The van der Waals surface area contributed by atoms with E-state index >= 15 is 0 Å². The van der Waals surface area contributed by atoms with E-state index in [-0.39, 0.29) is 5.92 Å². The zero-order valence-corrected chi connectivity index (χ0v) is 7.98. The van der Waals surface area contributed by atoms with Crippen molar-refractivity contribution in [2.45, 2.75) is 32.6 Å². The van der Waals surface area contributed by atoms with Gasteiger partial charge < -0.3 is 0 Å². The van der Waals surface area contributed by atoms with Crippen molar-refractivity contribution in [2.24, 2.45) is 0 Å². The van der Waals surface area contributed by atoms with E-state index in [1.54, 1.807) is 0 Å². The van der Waals surface area contributed by atoms with Crippen molar-refractivity contribution in [3.8, 4) is 0 Å². The van der Waals surface area contributed by atoms with E-state index in [0.717, 1.165) is 24.5 Å². The van der Waals surface area contributed by atoms with Crippen molar-refractivity contribution in [3.63, 3.8) is 0 Å². The summed E-state index contributed by atoms with van der Waals surface area (Å²) in [6.07, 6.45) is 1.99. The first kappa shape index (κ1) is 10.2. The van der Waals surface area contributed by atoms with Crippen molar-refractivity contribution in [1.82, 2.24) is 0 Å². The van der Waals surface area contributed by atoms with Crippen LogP contribution in [0, 0.1) is 11.6 Å². The van der Waals surface area contributed by atoms with Gasteiger partial charge in [-0.3, -0.25) is 0 Å². The fraction of sp³-hybridized carbons (Fsp3) is 0.455. The van der Waals surface area contributed by atoms with Gasteiger partial charge in [-0.15, -0.1) is 0 Å². The SMILES string of the molecule is CCCC(C)c1cc(F)cc(F)c1. The van der Waals surface area contributed by atoms with Gasteiger partial charge in [0.05, 0.1) is 0 Å². The molecule has 0 amide bonds. The topological polar surface area (TPSA) is 0 Å². The van der Waals surface area contributed by atoms with Crippen molar-refractivity contribution in [2.75, 3.05) is 0 Å². The van der Waals surface area contributed by atoms with Crippen LogP contribution in [0.1, 0.15) is 38.2 Å². The Morgan fingerprint density at radius 3 is 2.15 bits per heavy atom. The molecule has 0 heterocycles. The second kappa shape index (κ2) is 4.35. The van der Waals surface area contributed by atoms with Crippen LogP contribution in [0.3, 0.4) is 0 Å². The van der Waals surface area contributed by atoms with Gasteiger partial charge in [0.1, 0.15) is 11.6 Å². The van der Waals surface area contributed by atoms with E-state index in [0.29, 0.717) is 0 Å². The Hall–Kier alpha value is -0.920. The fourth-order valence-electron chi connectivity index (χ4n) is 1.46. The molecule has 2 heteroatoms. The monoisotopic (exact) mass is 184 g/mol. The zero-order valence-electron chi connectivity index (χ0n) is 7.98. The van der Waals surface area contributed by atoms with Crippen LogP contribution in [-0.2, 0) is 0 Å². The van der Waals surface area contributed by atoms with Gasteiger partial charge in [0.15, 0.2) is 0 Å². The summed E-state index contributed by atoms with van der Waals surface area (Å²) in [5, 5.41) is 0. The summed E-state index contributed by atoms with van der Waals surface area (Å²) >= 11 is 0. The average molecular weight is 184 g/mol. The molecular formula is C11H14F2. The first-order valence-electron chi connectivity index (χ1n) is 4.59. The van der Waals surface area contributed by atoms with Crippen LogP contribution < -0.4 is 0 Å². The smallest absolute Gasteiger partial charge is 0.126 e. The van der Waals surface area contributed by atoms with E-state index in [9.17, 15) is 8.78 Å². The van der Waals surface area contributed by atoms with Gasteiger partial charge in [0.25, 0.3) is 0 Å². The summed E-state index contributed by atoms with van der Waals surface area (Å²) in [6, 6.07) is 3.72. The molecule has 0 saturated carbocycles. The highest BCUT2D eigenvalue weighted by molar-refractivity contribution is 5.21. The lowest BCUT2D eigenvalue weighted by molar-refractivity contribution is 0.570. The van der Waals surface area contributed by atoms with Crippen LogP contribution in [0.2, 0.25) is 0 Å². The van der Waals surface area contributed by atoms with E-state index in [4.69, 9.17) is 0 Å². The molecule has 72 valence electrons. The molecule has 1 rings (SSSR count). The molecule has 13 heavy (non-hydrogen) atoms. The first-order chi connectivity index (χ1) is 6.13. The predicted octanol–water partition coefficient (Wildman–Crippen LogP) is 3.87. The second-order valence-electron chi connectivity index (χ2n) is 3.39. The third-order valence-corrected chi connectivity index (χ3v) is 2.18. The van der Waals surface area contributed by atoms with Crippen LogP contribution in [0.15, 0.2) is 18.2 Å². The highest BCUT2D eigenvalue weighted by atomic mass is 19.1. The van der Waals surface area contributed by atoms with Crippen LogP contribution in [0.5, 0.6) is 0 Å². The van der Waals surface area contributed by atoms with Gasteiger partial charge in [-0.1, -0.05) is 20.3 Å². The number of hydrogen-bond acceptors (Lipinski definition) is 0. The molecule has 0 aliphatic heterocycles. The first-order valence-corrected chi connectivity index (χ1v) is 4.59. The third kappa shape index (κ3) is 2.79. The van der Waals surface area contributed by atoms with E-state index in [1.807, 2.05) is 6.92 Å². The molecule has 0 spiro atoms. The van der Waals surface area contributed by atoms with E-state index < -0.39 is 11.6 Å². The summed E-state index contributed by atoms with van der Waals surface area (Å²) in [7, 11) is 0. The maximum absolute atomic E-state index is 12.8. The molecular weight excluding hydrogens is 170 g/mol. The van der Waals surface area contributed by atoms with Gasteiger partial charge in [0.2, 0.25) is 0 Å². The molecule has 1 aromatic carbocycles. The predicted molar refractivity (Wildman–Crippen MR) is 49.7 cm³/mol. The molecule has 0 saturated heterocycles. The Bertz CT molecular complexity index is 261. The minimum atomic E-state index is -0.488. The number of rotatable bonds is 3. The minimum absolute atomic E-state index is 0.232. The lowest BCUT2D eigenvalue weighted by atomic mass is 9.96. The highest BCUT2D eigenvalue weighted by Crippen LogP contribution is 2.21. The van der Waals surface area contributed by atoms with Gasteiger partial charge >= 0.3 is 0 Å². The van der Waals surface area contributed by atoms with Crippen LogP contribution >= 0.6 is 0 Å². The third-order valence-electron chi connectivity index (χ3n) is 2.18.